The van der Waals surface area contributed by atoms with Crippen molar-refractivity contribution in [2.45, 2.75) is 20.4 Å². The smallest absolute Gasteiger partial charge is 0.141 e. The van der Waals surface area contributed by atoms with E-state index in [0.717, 1.165) is 18.0 Å². The second kappa shape index (κ2) is 5.12. The Morgan fingerprint density at radius 1 is 1.33 bits per heavy atom. The molecular weight excluding hydrogens is 226 g/mol. The number of ether oxygens (including phenoxy) is 1. The molecule has 0 fully saturated rings. The average Bonchev–Trinajstić information content (AvgIpc) is 2.68. The molecule has 0 aliphatic carbocycles. The molecule has 1 N–H and O–H groups in total. The van der Waals surface area contributed by atoms with Gasteiger partial charge in [-0.15, -0.1) is 0 Å². The number of methoxy groups -OCH3 is 1. The lowest BCUT2D eigenvalue weighted by molar-refractivity contribution is 0.416. The van der Waals surface area contributed by atoms with Crippen LogP contribution in [0.25, 0.3) is 0 Å². The number of rotatable bonds is 4. The average molecular weight is 245 g/mol. The van der Waals surface area contributed by atoms with E-state index in [1.54, 1.807) is 7.11 Å². The van der Waals surface area contributed by atoms with Crippen LogP contribution in [-0.4, -0.2) is 16.9 Å². The number of anilines is 1. The molecule has 0 amide bonds. The van der Waals surface area contributed by atoms with Gasteiger partial charge in [-0.05, 0) is 31.5 Å². The Kier molecular flexibility index (Phi) is 3.55. The highest BCUT2D eigenvalue weighted by atomic mass is 16.5. The molecule has 1 heterocycles. The fraction of sp³-hybridized carbons (Fsp3) is 0.357. The maximum absolute atomic E-state index is 5.34. The van der Waals surface area contributed by atoms with Crippen molar-refractivity contribution in [3.63, 3.8) is 0 Å². The first-order valence-corrected chi connectivity index (χ1v) is 5.98. The Balaban J connectivity index is 2.15. The molecule has 96 valence electrons. The van der Waals surface area contributed by atoms with Gasteiger partial charge in [-0.2, -0.15) is 5.10 Å². The molecule has 1 aromatic heterocycles. The zero-order chi connectivity index (χ0) is 13.1. The van der Waals surface area contributed by atoms with Crippen molar-refractivity contribution in [2.24, 2.45) is 7.05 Å². The zero-order valence-electron chi connectivity index (χ0n) is 11.3. The van der Waals surface area contributed by atoms with E-state index in [4.69, 9.17) is 4.74 Å². The highest BCUT2D eigenvalue weighted by Gasteiger charge is 2.06. The van der Waals surface area contributed by atoms with Crippen LogP contribution >= 0.6 is 0 Å². The summed E-state index contributed by atoms with van der Waals surface area (Å²) in [6, 6.07) is 6.11. The molecule has 1 aromatic carbocycles. The number of hydrogen-bond donors (Lipinski definition) is 1. The Hall–Kier alpha value is -1.97. The van der Waals surface area contributed by atoms with Crippen LogP contribution in [0.15, 0.2) is 24.4 Å². The van der Waals surface area contributed by atoms with Crippen LogP contribution in [0.4, 0.5) is 5.69 Å². The van der Waals surface area contributed by atoms with Crippen molar-refractivity contribution in [3.05, 3.63) is 41.2 Å². The molecule has 0 aliphatic rings. The van der Waals surface area contributed by atoms with Crippen molar-refractivity contribution in [3.8, 4) is 5.75 Å². The van der Waals surface area contributed by atoms with E-state index in [-0.39, 0.29) is 0 Å². The summed E-state index contributed by atoms with van der Waals surface area (Å²) in [5.41, 5.74) is 4.59. The molecule has 4 heteroatoms. The highest BCUT2D eigenvalue weighted by molar-refractivity contribution is 5.58. The summed E-state index contributed by atoms with van der Waals surface area (Å²) in [4.78, 5) is 0. The van der Waals surface area contributed by atoms with Crippen molar-refractivity contribution in [1.82, 2.24) is 9.78 Å². The van der Waals surface area contributed by atoms with Gasteiger partial charge in [0.15, 0.2) is 0 Å². The van der Waals surface area contributed by atoms with E-state index in [9.17, 15) is 0 Å². The van der Waals surface area contributed by atoms with Crippen LogP contribution in [0.2, 0.25) is 0 Å². The lowest BCUT2D eigenvalue weighted by Gasteiger charge is -2.11. The molecule has 2 rings (SSSR count). The maximum Gasteiger partial charge on any atom is 0.141 e. The second-order valence-electron chi connectivity index (χ2n) is 4.44. The van der Waals surface area contributed by atoms with Crippen molar-refractivity contribution < 1.29 is 4.74 Å². The Labute approximate surface area is 108 Å². The van der Waals surface area contributed by atoms with Crippen LogP contribution in [0.3, 0.4) is 0 Å². The normalized spacial score (nSPS) is 10.4. The van der Waals surface area contributed by atoms with Crippen molar-refractivity contribution in [2.75, 3.05) is 12.4 Å². The number of benzene rings is 1. The molecule has 0 spiro atoms. The van der Waals surface area contributed by atoms with Crippen molar-refractivity contribution >= 4 is 5.69 Å². The van der Waals surface area contributed by atoms with Gasteiger partial charge in [-0.1, -0.05) is 6.07 Å². The van der Waals surface area contributed by atoms with E-state index in [1.807, 2.05) is 30.1 Å². The molecule has 0 bridgehead atoms. The van der Waals surface area contributed by atoms with E-state index >= 15 is 0 Å². The maximum atomic E-state index is 5.34. The summed E-state index contributed by atoms with van der Waals surface area (Å²) in [7, 11) is 3.64. The SMILES string of the molecule is COc1ccc(C)cc1NCc1cnn(C)c1C. The molecule has 0 atom stereocenters. The molecule has 2 aromatic rings. The Morgan fingerprint density at radius 2 is 2.11 bits per heavy atom. The lowest BCUT2D eigenvalue weighted by Crippen LogP contribution is -2.03. The molecule has 0 radical (unpaired) electrons. The topological polar surface area (TPSA) is 39.1 Å². The number of hydrogen-bond acceptors (Lipinski definition) is 3. The van der Waals surface area contributed by atoms with Gasteiger partial charge >= 0.3 is 0 Å². The minimum absolute atomic E-state index is 0.749. The molecule has 4 nitrogen and oxygen atoms in total. The predicted molar refractivity (Wildman–Crippen MR) is 73.0 cm³/mol. The largest absolute Gasteiger partial charge is 0.495 e. The van der Waals surface area contributed by atoms with Gasteiger partial charge < -0.3 is 10.1 Å². The third-order valence-corrected chi connectivity index (χ3v) is 3.16. The van der Waals surface area contributed by atoms with Crippen LogP contribution in [0.1, 0.15) is 16.8 Å². The molecule has 0 aliphatic heterocycles. The molecule has 18 heavy (non-hydrogen) atoms. The molecule has 0 unspecified atom stereocenters. The summed E-state index contributed by atoms with van der Waals surface area (Å²) in [6.45, 7) is 4.89. The molecule has 0 saturated heterocycles. The van der Waals surface area contributed by atoms with Gasteiger partial charge in [0.2, 0.25) is 0 Å². The van der Waals surface area contributed by atoms with Gasteiger partial charge in [0, 0.05) is 24.8 Å². The van der Waals surface area contributed by atoms with Crippen molar-refractivity contribution in [1.29, 1.82) is 0 Å². The van der Waals surface area contributed by atoms with E-state index in [0.29, 0.717) is 0 Å². The molecule has 0 saturated carbocycles. The summed E-state index contributed by atoms with van der Waals surface area (Å²) < 4.78 is 7.22. The van der Waals surface area contributed by atoms with Gasteiger partial charge in [-0.3, -0.25) is 4.68 Å². The fourth-order valence-corrected chi connectivity index (χ4v) is 1.87. The van der Waals surface area contributed by atoms with Gasteiger partial charge in [0.1, 0.15) is 5.75 Å². The van der Waals surface area contributed by atoms with Crippen LogP contribution in [0, 0.1) is 13.8 Å². The first-order chi connectivity index (χ1) is 8.61. The van der Waals surface area contributed by atoms with Crippen LogP contribution in [-0.2, 0) is 13.6 Å². The monoisotopic (exact) mass is 245 g/mol. The third-order valence-electron chi connectivity index (χ3n) is 3.16. The predicted octanol–water partition coefficient (Wildman–Crippen LogP) is 2.66. The summed E-state index contributed by atoms with van der Waals surface area (Å²) in [5, 5.41) is 7.63. The first kappa shape index (κ1) is 12.5. The van der Waals surface area contributed by atoms with Gasteiger partial charge in [0.25, 0.3) is 0 Å². The number of aromatic nitrogens is 2. The van der Waals surface area contributed by atoms with Crippen LogP contribution in [0.5, 0.6) is 5.75 Å². The minimum Gasteiger partial charge on any atom is -0.495 e. The van der Waals surface area contributed by atoms with E-state index < -0.39 is 0 Å². The third kappa shape index (κ3) is 2.47. The summed E-state index contributed by atoms with van der Waals surface area (Å²) in [6.07, 6.45) is 1.89. The van der Waals surface area contributed by atoms with Gasteiger partial charge in [0.05, 0.1) is 19.0 Å². The first-order valence-electron chi connectivity index (χ1n) is 5.98. The van der Waals surface area contributed by atoms with Gasteiger partial charge in [-0.25, -0.2) is 0 Å². The number of nitrogens with one attached hydrogen (secondary N) is 1. The second-order valence-corrected chi connectivity index (χ2v) is 4.44. The standard InChI is InChI=1S/C14H19N3O/c1-10-5-6-14(18-4)13(7-10)15-8-12-9-16-17(3)11(12)2/h5-7,9,15H,8H2,1-4H3. The number of aryl methyl sites for hydroxylation is 2. The molecular formula is C14H19N3O. The van der Waals surface area contributed by atoms with Crippen LogP contribution < -0.4 is 10.1 Å². The lowest BCUT2D eigenvalue weighted by atomic mass is 10.2. The fourth-order valence-electron chi connectivity index (χ4n) is 1.87. The minimum atomic E-state index is 0.749. The van der Waals surface area contributed by atoms with E-state index in [2.05, 4.69) is 30.3 Å². The Morgan fingerprint density at radius 3 is 2.72 bits per heavy atom. The quantitative estimate of drug-likeness (QED) is 0.900. The summed E-state index contributed by atoms with van der Waals surface area (Å²) >= 11 is 0. The highest BCUT2D eigenvalue weighted by Crippen LogP contribution is 2.25. The Bertz CT molecular complexity index is 546. The zero-order valence-corrected chi connectivity index (χ0v) is 11.3. The summed E-state index contributed by atoms with van der Waals surface area (Å²) in [5.74, 6) is 0.863. The number of nitrogens with zero attached hydrogens (tertiary/aromatic N) is 2. The van der Waals surface area contributed by atoms with E-state index in [1.165, 1.54) is 16.8 Å².